The lowest BCUT2D eigenvalue weighted by Crippen LogP contribution is -2.34. The first-order valence-electron chi connectivity index (χ1n) is 6.65. The standard InChI is InChI=1S/C16H16N2OS/c17-13-5-7-15-12(11-13)3-1-9-18(15)16(19)8-6-14-4-2-10-20-14/h2,4-8,10-11H,1,3,9,17H2. The maximum absolute atomic E-state index is 12.4. The predicted octanol–water partition coefficient (Wildman–Crippen LogP) is 3.32. The van der Waals surface area contributed by atoms with Gasteiger partial charge < -0.3 is 10.6 Å². The van der Waals surface area contributed by atoms with Gasteiger partial charge in [-0.1, -0.05) is 6.07 Å². The molecule has 0 saturated heterocycles. The van der Waals surface area contributed by atoms with Gasteiger partial charge in [-0.2, -0.15) is 0 Å². The molecule has 0 bridgehead atoms. The van der Waals surface area contributed by atoms with Crippen molar-refractivity contribution in [2.75, 3.05) is 17.2 Å². The fraction of sp³-hybridized carbons (Fsp3) is 0.188. The Balaban J connectivity index is 1.83. The lowest BCUT2D eigenvalue weighted by Gasteiger charge is -2.28. The Bertz CT molecular complexity index is 647. The van der Waals surface area contributed by atoms with Crippen LogP contribution in [0.15, 0.2) is 41.8 Å². The molecule has 0 fully saturated rings. The number of aryl methyl sites for hydroxylation is 1. The lowest BCUT2D eigenvalue weighted by atomic mass is 10.0. The van der Waals surface area contributed by atoms with E-state index in [1.165, 1.54) is 0 Å². The minimum atomic E-state index is 0.0316. The number of benzene rings is 1. The minimum Gasteiger partial charge on any atom is -0.399 e. The summed E-state index contributed by atoms with van der Waals surface area (Å²) in [5.74, 6) is 0.0316. The van der Waals surface area contributed by atoms with Crippen LogP contribution < -0.4 is 10.6 Å². The molecule has 0 aliphatic carbocycles. The van der Waals surface area contributed by atoms with E-state index in [9.17, 15) is 4.79 Å². The zero-order chi connectivity index (χ0) is 13.9. The molecule has 1 aromatic carbocycles. The molecule has 3 rings (SSSR count). The average molecular weight is 284 g/mol. The Morgan fingerprint density at radius 1 is 1.35 bits per heavy atom. The number of carbonyl (C=O) groups excluding carboxylic acids is 1. The second kappa shape index (κ2) is 5.51. The quantitative estimate of drug-likeness (QED) is 0.679. The second-order valence-electron chi connectivity index (χ2n) is 4.83. The maximum atomic E-state index is 12.4. The smallest absolute Gasteiger partial charge is 0.251 e. The van der Waals surface area contributed by atoms with Crippen LogP contribution in [0.2, 0.25) is 0 Å². The zero-order valence-corrected chi connectivity index (χ0v) is 11.9. The van der Waals surface area contributed by atoms with Crippen molar-refractivity contribution in [1.29, 1.82) is 0 Å². The summed E-state index contributed by atoms with van der Waals surface area (Å²) in [5.41, 5.74) is 8.72. The average Bonchev–Trinajstić information content (AvgIpc) is 2.97. The summed E-state index contributed by atoms with van der Waals surface area (Å²) in [6, 6.07) is 9.75. The summed E-state index contributed by atoms with van der Waals surface area (Å²) in [6.07, 6.45) is 5.49. The van der Waals surface area contributed by atoms with Crippen LogP contribution in [0.25, 0.3) is 6.08 Å². The van der Waals surface area contributed by atoms with Crippen LogP contribution in [-0.2, 0) is 11.2 Å². The van der Waals surface area contributed by atoms with Crippen LogP contribution in [-0.4, -0.2) is 12.5 Å². The number of hydrogen-bond donors (Lipinski definition) is 1. The normalized spacial score (nSPS) is 14.5. The number of fused-ring (bicyclic) bond motifs is 1. The van der Waals surface area contributed by atoms with Crippen molar-refractivity contribution >= 4 is 34.7 Å². The van der Waals surface area contributed by atoms with E-state index in [4.69, 9.17) is 5.73 Å². The van der Waals surface area contributed by atoms with Crippen molar-refractivity contribution in [1.82, 2.24) is 0 Å². The van der Waals surface area contributed by atoms with Gasteiger partial charge >= 0.3 is 0 Å². The van der Waals surface area contributed by atoms with Crippen LogP contribution in [0.5, 0.6) is 0 Å². The highest BCUT2D eigenvalue weighted by Gasteiger charge is 2.20. The van der Waals surface area contributed by atoms with E-state index in [0.717, 1.165) is 41.2 Å². The number of amides is 1. The van der Waals surface area contributed by atoms with Gasteiger partial charge in [-0.3, -0.25) is 4.79 Å². The fourth-order valence-corrected chi connectivity index (χ4v) is 3.09. The molecule has 1 aliphatic rings. The summed E-state index contributed by atoms with van der Waals surface area (Å²) in [7, 11) is 0. The molecule has 0 radical (unpaired) electrons. The van der Waals surface area contributed by atoms with E-state index in [-0.39, 0.29) is 5.91 Å². The molecule has 0 saturated carbocycles. The van der Waals surface area contributed by atoms with Crippen molar-refractivity contribution in [3.05, 3.63) is 52.2 Å². The molecule has 102 valence electrons. The molecule has 20 heavy (non-hydrogen) atoms. The number of thiophene rings is 1. The van der Waals surface area contributed by atoms with E-state index in [1.54, 1.807) is 17.4 Å². The van der Waals surface area contributed by atoms with Crippen molar-refractivity contribution in [3.63, 3.8) is 0 Å². The minimum absolute atomic E-state index is 0.0316. The molecule has 2 heterocycles. The van der Waals surface area contributed by atoms with Gasteiger partial charge in [0, 0.05) is 28.9 Å². The number of nitrogens with two attached hydrogens (primary N) is 1. The van der Waals surface area contributed by atoms with Crippen LogP contribution in [0.4, 0.5) is 11.4 Å². The number of hydrogen-bond acceptors (Lipinski definition) is 3. The van der Waals surface area contributed by atoms with Gasteiger partial charge in [0.15, 0.2) is 0 Å². The van der Waals surface area contributed by atoms with Gasteiger partial charge in [-0.15, -0.1) is 11.3 Å². The molecule has 0 unspecified atom stereocenters. The number of nitrogens with zero attached hydrogens (tertiary/aromatic N) is 1. The molecule has 3 nitrogen and oxygen atoms in total. The third kappa shape index (κ3) is 2.60. The highest BCUT2D eigenvalue weighted by molar-refractivity contribution is 7.10. The van der Waals surface area contributed by atoms with Crippen molar-refractivity contribution in [2.45, 2.75) is 12.8 Å². The fourth-order valence-electron chi connectivity index (χ4n) is 2.48. The van der Waals surface area contributed by atoms with Crippen LogP contribution in [0.3, 0.4) is 0 Å². The van der Waals surface area contributed by atoms with Gasteiger partial charge in [-0.05, 0) is 54.1 Å². The zero-order valence-electron chi connectivity index (χ0n) is 11.1. The molecule has 0 atom stereocenters. The number of rotatable bonds is 2. The van der Waals surface area contributed by atoms with E-state index in [1.807, 2.05) is 46.7 Å². The highest BCUT2D eigenvalue weighted by atomic mass is 32.1. The van der Waals surface area contributed by atoms with Gasteiger partial charge in [0.1, 0.15) is 0 Å². The Morgan fingerprint density at radius 2 is 2.25 bits per heavy atom. The number of nitrogen functional groups attached to an aromatic ring is 1. The Morgan fingerprint density at radius 3 is 3.05 bits per heavy atom. The Labute approximate surface area is 122 Å². The first kappa shape index (κ1) is 12.9. The summed E-state index contributed by atoms with van der Waals surface area (Å²) in [5, 5.41) is 2.00. The molecular weight excluding hydrogens is 268 g/mol. The topological polar surface area (TPSA) is 46.3 Å². The Kier molecular flexibility index (Phi) is 3.56. The molecule has 2 N–H and O–H groups in total. The van der Waals surface area contributed by atoms with Crippen LogP contribution in [0, 0.1) is 0 Å². The van der Waals surface area contributed by atoms with E-state index < -0.39 is 0 Å². The predicted molar refractivity (Wildman–Crippen MR) is 84.9 cm³/mol. The van der Waals surface area contributed by atoms with Crippen LogP contribution in [0.1, 0.15) is 16.9 Å². The first-order valence-corrected chi connectivity index (χ1v) is 7.53. The third-order valence-corrected chi connectivity index (χ3v) is 4.26. The van der Waals surface area contributed by atoms with E-state index >= 15 is 0 Å². The molecule has 0 spiro atoms. The summed E-state index contributed by atoms with van der Waals surface area (Å²) in [4.78, 5) is 15.3. The SMILES string of the molecule is Nc1ccc2c(c1)CCCN2C(=O)C=Cc1cccs1. The van der Waals surface area contributed by atoms with Gasteiger partial charge in [0.25, 0.3) is 5.91 Å². The molecule has 1 aliphatic heterocycles. The van der Waals surface area contributed by atoms with Gasteiger partial charge in [0.05, 0.1) is 0 Å². The first-order chi connectivity index (χ1) is 9.74. The second-order valence-corrected chi connectivity index (χ2v) is 5.81. The molecule has 1 amide bonds. The van der Waals surface area contributed by atoms with Crippen molar-refractivity contribution in [3.8, 4) is 0 Å². The summed E-state index contributed by atoms with van der Waals surface area (Å²) in [6.45, 7) is 0.768. The largest absolute Gasteiger partial charge is 0.399 e. The molecular formula is C16H16N2OS. The number of anilines is 2. The monoisotopic (exact) mass is 284 g/mol. The van der Waals surface area contributed by atoms with Gasteiger partial charge in [0.2, 0.25) is 0 Å². The molecule has 4 heteroatoms. The number of carbonyl (C=O) groups is 1. The summed E-state index contributed by atoms with van der Waals surface area (Å²) >= 11 is 1.63. The van der Waals surface area contributed by atoms with Crippen molar-refractivity contribution in [2.24, 2.45) is 0 Å². The lowest BCUT2D eigenvalue weighted by molar-refractivity contribution is -0.114. The molecule has 2 aromatic rings. The Hall–Kier alpha value is -2.07. The third-order valence-electron chi connectivity index (χ3n) is 3.42. The van der Waals surface area contributed by atoms with Gasteiger partial charge in [-0.25, -0.2) is 0 Å². The highest BCUT2D eigenvalue weighted by Crippen LogP contribution is 2.29. The van der Waals surface area contributed by atoms with E-state index in [2.05, 4.69) is 0 Å². The van der Waals surface area contributed by atoms with Crippen molar-refractivity contribution < 1.29 is 4.79 Å². The van der Waals surface area contributed by atoms with E-state index in [0.29, 0.717) is 0 Å². The maximum Gasteiger partial charge on any atom is 0.251 e. The van der Waals surface area contributed by atoms with Crippen LogP contribution >= 0.6 is 11.3 Å². The summed E-state index contributed by atoms with van der Waals surface area (Å²) < 4.78 is 0. The molecule has 1 aromatic heterocycles.